The molecule has 3 heterocycles. The minimum absolute atomic E-state index is 0.486. The van der Waals surface area contributed by atoms with E-state index in [1.54, 1.807) is 0 Å². The molecule has 0 aliphatic carbocycles. The summed E-state index contributed by atoms with van der Waals surface area (Å²) in [6, 6.07) is 0.486. The maximum atomic E-state index is 4.57. The van der Waals surface area contributed by atoms with Crippen LogP contribution in [0.3, 0.4) is 0 Å². The fourth-order valence-corrected chi connectivity index (χ4v) is 3.35. The Hall–Kier alpha value is -1.62. The fraction of sp³-hybridized carbons (Fsp3) is 0.600. The van der Waals surface area contributed by atoms with E-state index in [1.165, 1.54) is 29.8 Å². The SMILES string of the molecule is Cc1nn(C)c(C)c1[C@H]1CCCN1Cc1nccn1C. The summed E-state index contributed by atoms with van der Waals surface area (Å²) >= 11 is 0. The summed E-state index contributed by atoms with van der Waals surface area (Å²) in [6.07, 6.45) is 6.36. The Morgan fingerprint density at radius 3 is 2.70 bits per heavy atom. The second-order valence-electron chi connectivity index (χ2n) is 5.79. The van der Waals surface area contributed by atoms with Gasteiger partial charge >= 0.3 is 0 Å². The van der Waals surface area contributed by atoms with Gasteiger partial charge < -0.3 is 4.57 Å². The van der Waals surface area contributed by atoms with Gasteiger partial charge in [-0.05, 0) is 33.2 Å². The average Bonchev–Trinajstić information content (AvgIpc) is 3.06. The summed E-state index contributed by atoms with van der Waals surface area (Å²) in [7, 11) is 4.10. The molecule has 5 nitrogen and oxygen atoms in total. The number of rotatable bonds is 3. The van der Waals surface area contributed by atoms with Gasteiger partial charge in [-0.15, -0.1) is 0 Å². The van der Waals surface area contributed by atoms with Crippen molar-refractivity contribution in [1.82, 2.24) is 24.2 Å². The summed E-state index contributed by atoms with van der Waals surface area (Å²) in [5, 5.41) is 4.57. The Morgan fingerprint density at radius 2 is 2.10 bits per heavy atom. The number of imidazole rings is 1. The van der Waals surface area contributed by atoms with Gasteiger partial charge in [-0.2, -0.15) is 5.10 Å². The molecule has 0 radical (unpaired) electrons. The summed E-state index contributed by atoms with van der Waals surface area (Å²) in [4.78, 5) is 7.00. The maximum absolute atomic E-state index is 4.57. The van der Waals surface area contributed by atoms with Gasteiger partial charge in [0.05, 0.1) is 12.2 Å². The molecule has 2 aromatic heterocycles. The highest BCUT2D eigenvalue weighted by atomic mass is 15.3. The van der Waals surface area contributed by atoms with Gasteiger partial charge in [0.2, 0.25) is 0 Å². The zero-order chi connectivity index (χ0) is 14.3. The molecule has 1 saturated heterocycles. The molecular formula is C15H23N5. The molecule has 0 aromatic carbocycles. The van der Waals surface area contributed by atoms with E-state index < -0.39 is 0 Å². The lowest BCUT2D eigenvalue weighted by Gasteiger charge is -2.24. The van der Waals surface area contributed by atoms with Crippen molar-refractivity contribution in [1.29, 1.82) is 0 Å². The molecule has 0 N–H and O–H groups in total. The molecule has 2 aromatic rings. The van der Waals surface area contributed by atoms with Crippen molar-refractivity contribution >= 4 is 0 Å². The lowest BCUT2D eigenvalue weighted by atomic mass is 10.0. The second-order valence-corrected chi connectivity index (χ2v) is 5.79. The van der Waals surface area contributed by atoms with Crippen LogP contribution in [0.5, 0.6) is 0 Å². The molecule has 5 heteroatoms. The first-order chi connectivity index (χ1) is 9.58. The van der Waals surface area contributed by atoms with E-state index in [4.69, 9.17) is 0 Å². The highest BCUT2D eigenvalue weighted by molar-refractivity contribution is 5.29. The largest absolute Gasteiger partial charge is 0.337 e. The van der Waals surface area contributed by atoms with Crippen LogP contribution in [0.25, 0.3) is 0 Å². The lowest BCUT2D eigenvalue weighted by Crippen LogP contribution is -2.25. The zero-order valence-corrected chi connectivity index (χ0v) is 12.8. The summed E-state index contributed by atoms with van der Waals surface area (Å²) in [5.74, 6) is 1.14. The van der Waals surface area contributed by atoms with Gasteiger partial charge in [-0.3, -0.25) is 9.58 Å². The number of likely N-dealkylation sites (tertiary alicyclic amines) is 1. The van der Waals surface area contributed by atoms with Crippen LogP contribution in [0, 0.1) is 13.8 Å². The van der Waals surface area contributed by atoms with Crippen LogP contribution in [0.1, 0.15) is 41.7 Å². The Bertz CT molecular complexity index is 610. The number of hydrogen-bond donors (Lipinski definition) is 0. The van der Waals surface area contributed by atoms with Crippen LogP contribution in [-0.2, 0) is 20.6 Å². The van der Waals surface area contributed by atoms with Crippen molar-refractivity contribution in [3.8, 4) is 0 Å². The molecule has 20 heavy (non-hydrogen) atoms. The molecule has 1 aliphatic heterocycles. The summed E-state index contributed by atoms with van der Waals surface area (Å²) in [6.45, 7) is 6.36. The molecule has 1 atom stereocenters. The monoisotopic (exact) mass is 273 g/mol. The molecule has 108 valence electrons. The minimum atomic E-state index is 0.486. The van der Waals surface area contributed by atoms with Crippen molar-refractivity contribution in [2.75, 3.05) is 6.54 Å². The Balaban J connectivity index is 1.87. The molecular weight excluding hydrogens is 250 g/mol. The van der Waals surface area contributed by atoms with E-state index in [9.17, 15) is 0 Å². The summed E-state index contributed by atoms with van der Waals surface area (Å²) in [5.41, 5.74) is 3.88. The van der Waals surface area contributed by atoms with E-state index in [0.29, 0.717) is 6.04 Å². The van der Waals surface area contributed by atoms with Crippen LogP contribution in [0.2, 0.25) is 0 Å². The third kappa shape index (κ3) is 2.16. The van der Waals surface area contributed by atoms with Crippen LogP contribution >= 0.6 is 0 Å². The standard InChI is InChI=1S/C15H23N5/c1-11-15(12(2)19(4)17-11)13-6-5-8-20(13)10-14-16-7-9-18(14)3/h7,9,13H,5-6,8,10H2,1-4H3/t13-/m1/s1. The third-order valence-electron chi connectivity index (χ3n) is 4.53. The molecule has 1 fully saturated rings. The first-order valence-corrected chi connectivity index (χ1v) is 7.28. The van der Waals surface area contributed by atoms with Gasteiger partial charge in [0, 0.05) is 43.8 Å². The van der Waals surface area contributed by atoms with Gasteiger partial charge in [-0.25, -0.2) is 4.98 Å². The summed E-state index contributed by atoms with van der Waals surface area (Å²) < 4.78 is 4.11. The second kappa shape index (κ2) is 5.05. The van der Waals surface area contributed by atoms with Crippen molar-refractivity contribution in [2.45, 2.75) is 39.3 Å². The topological polar surface area (TPSA) is 38.9 Å². The fourth-order valence-electron chi connectivity index (χ4n) is 3.35. The van der Waals surface area contributed by atoms with Crippen LogP contribution in [0.15, 0.2) is 12.4 Å². The Kier molecular flexibility index (Phi) is 3.38. The van der Waals surface area contributed by atoms with Crippen molar-refractivity contribution in [2.24, 2.45) is 14.1 Å². The van der Waals surface area contributed by atoms with E-state index >= 15 is 0 Å². The van der Waals surface area contributed by atoms with Gasteiger partial charge in [0.25, 0.3) is 0 Å². The van der Waals surface area contributed by atoms with Crippen molar-refractivity contribution in [3.05, 3.63) is 35.2 Å². The maximum Gasteiger partial charge on any atom is 0.122 e. The van der Waals surface area contributed by atoms with E-state index in [-0.39, 0.29) is 0 Å². The number of hydrogen-bond acceptors (Lipinski definition) is 3. The number of nitrogens with zero attached hydrogens (tertiary/aromatic N) is 5. The van der Waals surface area contributed by atoms with Gasteiger partial charge in [0.1, 0.15) is 5.82 Å². The molecule has 0 bridgehead atoms. The molecule has 0 saturated carbocycles. The number of aromatic nitrogens is 4. The normalized spacial score (nSPS) is 19.9. The molecule has 3 rings (SSSR count). The van der Waals surface area contributed by atoms with Gasteiger partial charge in [-0.1, -0.05) is 0 Å². The van der Waals surface area contributed by atoms with E-state index in [2.05, 4.69) is 40.4 Å². The zero-order valence-electron chi connectivity index (χ0n) is 12.8. The van der Waals surface area contributed by atoms with Crippen LogP contribution in [0.4, 0.5) is 0 Å². The predicted molar refractivity (Wildman–Crippen MR) is 78.3 cm³/mol. The Morgan fingerprint density at radius 1 is 1.30 bits per heavy atom. The van der Waals surface area contributed by atoms with Crippen LogP contribution in [-0.4, -0.2) is 30.8 Å². The lowest BCUT2D eigenvalue weighted by molar-refractivity contribution is 0.238. The third-order valence-corrected chi connectivity index (χ3v) is 4.53. The highest BCUT2D eigenvalue weighted by Crippen LogP contribution is 2.36. The predicted octanol–water partition coefficient (Wildman–Crippen LogP) is 2.11. The highest BCUT2D eigenvalue weighted by Gasteiger charge is 2.30. The minimum Gasteiger partial charge on any atom is -0.337 e. The Labute approximate surface area is 120 Å². The quantitative estimate of drug-likeness (QED) is 0.859. The average molecular weight is 273 g/mol. The molecule has 0 unspecified atom stereocenters. The first kappa shape index (κ1) is 13.4. The van der Waals surface area contributed by atoms with E-state index in [1.807, 2.05) is 24.1 Å². The molecule has 1 aliphatic rings. The van der Waals surface area contributed by atoms with Gasteiger partial charge in [0.15, 0.2) is 0 Å². The number of aryl methyl sites for hydroxylation is 3. The van der Waals surface area contributed by atoms with Crippen molar-refractivity contribution in [3.63, 3.8) is 0 Å². The first-order valence-electron chi connectivity index (χ1n) is 7.28. The smallest absolute Gasteiger partial charge is 0.122 e. The molecule has 0 spiro atoms. The molecule has 0 amide bonds. The van der Waals surface area contributed by atoms with Crippen LogP contribution < -0.4 is 0 Å². The van der Waals surface area contributed by atoms with Crippen molar-refractivity contribution < 1.29 is 0 Å². The van der Waals surface area contributed by atoms with E-state index in [0.717, 1.165) is 18.9 Å².